The maximum absolute atomic E-state index is 10.4. The summed E-state index contributed by atoms with van der Waals surface area (Å²) in [5.41, 5.74) is 2.26. The molecule has 0 radical (unpaired) electrons. The molecule has 0 unspecified atom stereocenters. The summed E-state index contributed by atoms with van der Waals surface area (Å²) in [6.07, 6.45) is -0.482. The van der Waals surface area contributed by atoms with Crippen LogP contribution in [0.15, 0.2) is 36.4 Å². The molecule has 2 aromatic rings. The van der Waals surface area contributed by atoms with E-state index in [2.05, 4.69) is 51.2 Å². The predicted molar refractivity (Wildman–Crippen MR) is 81.4 cm³/mol. The molecule has 0 spiro atoms. The van der Waals surface area contributed by atoms with E-state index in [0.717, 1.165) is 10.9 Å². The fraction of sp³-hybridized carbons (Fsp3) is 0.412. The van der Waals surface area contributed by atoms with Crippen LogP contribution >= 0.6 is 0 Å². The Morgan fingerprint density at radius 2 is 1.68 bits per heavy atom. The summed E-state index contributed by atoms with van der Waals surface area (Å²) < 4.78 is 0. The Bertz CT molecular complexity index is 569. The SMILES string of the molecule is Cc1ccc([C@H](O)CNC(C)(C)C)c2ccccc12. The highest BCUT2D eigenvalue weighted by Crippen LogP contribution is 2.26. The molecule has 2 aromatic carbocycles. The summed E-state index contributed by atoms with van der Waals surface area (Å²) in [6.45, 7) is 8.98. The molecule has 0 aromatic heterocycles. The quantitative estimate of drug-likeness (QED) is 0.881. The van der Waals surface area contributed by atoms with E-state index < -0.39 is 6.10 Å². The Kier molecular flexibility index (Phi) is 3.93. The molecule has 102 valence electrons. The van der Waals surface area contributed by atoms with Crippen molar-refractivity contribution in [2.45, 2.75) is 39.3 Å². The molecular weight excluding hydrogens is 234 g/mol. The molecule has 0 saturated heterocycles. The third kappa shape index (κ3) is 3.34. The van der Waals surface area contributed by atoms with Crippen LogP contribution in [0, 0.1) is 6.92 Å². The standard InChI is InChI=1S/C17H23NO/c1-12-9-10-15(14-8-6-5-7-13(12)14)16(19)11-18-17(2,3)4/h5-10,16,18-19H,11H2,1-4H3/t16-/m1/s1. The van der Waals surface area contributed by atoms with Gasteiger partial charge >= 0.3 is 0 Å². The number of aliphatic hydroxyl groups excluding tert-OH is 1. The summed E-state index contributed by atoms with van der Waals surface area (Å²) in [5, 5.41) is 16.1. The van der Waals surface area contributed by atoms with Crippen molar-refractivity contribution in [1.29, 1.82) is 0 Å². The highest BCUT2D eigenvalue weighted by atomic mass is 16.3. The normalized spacial score (nSPS) is 13.7. The molecule has 0 aliphatic heterocycles. The van der Waals surface area contributed by atoms with Gasteiger partial charge in [0.15, 0.2) is 0 Å². The average Bonchev–Trinajstić information content (AvgIpc) is 2.36. The summed E-state index contributed by atoms with van der Waals surface area (Å²) in [7, 11) is 0. The van der Waals surface area contributed by atoms with E-state index in [1.165, 1.54) is 10.9 Å². The fourth-order valence-corrected chi connectivity index (χ4v) is 2.28. The first kappa shape index (κ1) is 14.0. The van der Waals surface area contributed by atoms with Crippen molar-refractivity contribution < 1.29 is 5.11 Å². The molecule has 2 rings (SSSR count). The molecule has 0 bridgehead atoms. The number of aryl methyl sites for hydroxylation is 1. The lowest BCUT2D eigenvalue weighted by Crippen LogP contribution is -2.38. The van der Waals surface area contributed by atoms with Crippen molar-refractivity contribution in [2.24, 2.45) is 0 Å². The van der Waals surface area contributed by atoms with E-state index >= 15 is 0 Å². The van der Waals surface area contributed by atoms with Crippen LogP contribution in [0.5, 0.6) is 0 Å². The lowest BCUT2D eigenvalue weighted by Gasteiger charge is -2.23. The maximum atomic E-state index is 10.4. The number of nitrogens with one attached hydrogen (secondary N) is 1. The van der Waals surface area contributed by atoms with E-state index in [4.69, 9.17) is 0 Å². The Balaban J connectivity index is 2.32. The summed E-state index contributed by atoms with van der Waals surface area (Å²) in [5.74, 6) is 0. The molecule has 0 aliphatic rings. The van der Waals surface area contributed by atoms with Gasteiger partial charge in [-0.05, 0) is 49.6 Å². The number of hydrogen-bond donors (Lipinski definition) is 2. The maximum Gasteiger partial charge on any atom is 0.0920 e. The Labute approximate surface area is 115 Å². The Morgan fingerprint density at radius 1 is 1.05 bits per heavy atom. The molecule has 2 nitrogen and oxygen atoms in total. The van der Waals surface area contributed by atoms with Gasteiger partial charge in [-0.3, -0.25) is 0 Å². The van der Waals surface area contributed by atoms with Gasteiger partial charge in [-0.2, -0.15) is 0 Å². The van der Waals surface area contributed by atoms with Gasteiger partial charge in [-0.25, -0.2) is 0 Å². The first-order valence-corrected chi connectivity index (χ1v) is 6.80. The van der Waals surface area contributed by atoms with Gasteiger partial charge in [0.1, 0.15) is 0 Å². The van der Waals surface area contributed by atoms with Crippen molar-refractivity contribution in [1.82, 2.24) is 5.32 Å². The molecule has 0 amide bonds. The third-order valence-corrected chi connectivity index (χ3v) is 3.36. The number of benzene rings is 2. The molecule has 0 fully saturated rings. The lowest BCUT2D eigenvalue weighted by molar-refractivity contribution is 0.164. The van der Waals surface area contributed by atoms with Crippen LogP contribution in [0.3, 0.4) is 0 Å². The minimum absolute atomic E-state index is 0.0154. The van der Waals surface area contributed by atoms with Crippen molar-refractivity contribution in [3.63, 3.8) is 0 Å². The van der Waals surface area contributed by atoms with Gasteiger partial charge in [0, 0.05) is 12.1 Å². The van der Waals surface area contributed by atoms with E-state index in [1.54, 1.807) is 0 Å². The van der Waals surface area contributed by atoms with Crippen LogP contribution < -0.4 is 5.32 Å². The van der Waals surface area contributed by atoms with E-state index in [0.29, 0.717) is 6.54 Å². The van der Waals surface area contributed by atoms with Gasteiger partial charge in [-0.1, -0.05) is 36.4 Å². The lowest BCUT2D eigenvalue weighted by atomic mass is 9.96. The fourth-order valence-electron chi connectivity index (χ4n) is 2.28. The summed E-state index contributed by atoms with van der Waals surface area (Å²) in [4.78, 5) is 0. The second kappa shape index (κ2) is 5.32. The Hall–Kier alpha value is -1.38. The van der Waals surface area contributed by atoms with E-state index in [-0.39, 0.29) is 5.54 Å². The summed E-state index contributed by atoms with van der Waals surface area (Å²) in [6, 6.07) is 12.4. The van der Waals surface area contributed by atoms with Gasteiger partial charge in [0.25, 0.3) is 0 Å². The Morgan fingerprint density at radius 3 is 2.32 bits per heavy atom. The number of β-amino-alcohol motifs (C(OH)–C–C–N with tert-alkyl or cyclic N) is 1. The second-order valence-electron chi connectivity index (χ2n) is 6.16. The van der Waals surface area contributed by atoms with Gasteiger partial charge in [0.2, 0.25) is 0 Å². The zero-order valence-corrected chi connectivity index (χ0v) is 12.2. The van der Waals surface area contributed by atoms with Crippen LogP contribution in [0.4, 0.5) is 0 Å². The van der Waals surface area contributed by atoms with E-state index in [9.17, 15) is 5.11 Å². The predicted octanol–water partition coefficient (Wildman–Crippen LogP) is 3.57. The average molecular weight is 257 g/mol. The van der Waals surface area contributed by atoms with Crippen LogP contribution in [0.2, 0.25) is 0 Å². The van der Waals surface area contributed by atoms with Crippen molar-refractivity contribution in [2.75, 3.05) is 6.54 Å². The van der Waals surface area contributed by atoms with Crippen LogP contribution in [-0.4, -0.2) is 17.2 Å². The van der Waals surface area contributed by atoms with Gasteiger partial charge in [0.05, 0.1) is 6.10 Å². The van der Waals surface area contributed by atoms with Crippen LogP contribution in [0.25, 0.3) is 10.8 Å². The molecule has 0 saturated carbocycles. The van der Waals surface area contributed by atoms with Gasteiger partial charge in [-0.15, -0.1) is 0 Å². The molecule has 19 heavy (non-hydrogen) atoms. The molecular formula is C17H23NO. The molecule has 1 atom stereocenters. The highest BCUT2D eigenvalue weighted by molar-refractivity contribution is 5.88. The number of aliphatic hydroxyl groups is 1. The number of hydrogen-bond acceptors (Lipinski definition) is 2. The molecule has 2 heteroatoms. The summed E-state index contributed by atoms with van der Waals surface area (Å²) >= 11 is 0. The molecule has 0 heterocycles. The van der Waals surface area contributed by atoms with Crippen LogP contribution in [-0.2, 0) is 0 Å². The number of rotatable bonds is 3. The van der Waals surface area contributed by atoms with Gasteiger partial charge < -0.3 is 10.4 Å². The minimum Gasteiger partial charge on any atom is -0.387 e. The second-order valence-corrected chi connectivity index (χ2v) is 6.16. The largest absolute Gasteiger partial charge is 0.387 e. The topological polar surface area (TPSA) is 32.3 Å². The van der Waals surface area contributed by atoms with Crippen molar-refractivity contribution in [3.8, 4) is 0 Å². The first-order chi connectivity index (χ1) is 8.88. The third-order valence-electron chi connectivity index (χ3n) is 3.36. The molecule has 2 N–H and O–H groups in total. The van der Waals surface area contributed by atoms with Crippen molar-refractivity contribution >= 4 is 10.8 Å². The first-order valence-electron chi connectivity index (χ1n) is 6.80. The zero-order chi connectivity index (χ0) is 14.0. The van der Waals surface area contributed by atoms with E-state index in [1.807, 2.05) is 18.2 Å². The van der Waals surface area contributed by atoms with Crippen molar-refractivity contribution in [3.05, 3.63) is 47.5 Å². The number of fused-ring (bicyclic) bond motifs is 1. The monoisotopic (exact) mass is 257 g/mol. The molecule has 0 aliphatic carbocycles. The minimum atomic E-state index is -0.482. The zero-order valence-electron chi connectivity index (χ0n) is 12.2. The smallest absolute Gasteiger partial charge is 0.0920 e. The van der Waals surface area contributed by atoms with Crippen LogP contribution in [0.1, 0.15) is 38.0 Å². The highest BCUT2D eigenvalue weighted by Gasteiger charge is 2.15.